The molecule has 0 spiro atoms. The molecule has 1 saturated heterocycles. The van der Waals surface area contributed by atoms with Gasteiger partial charge in [-0.2, -0.15) is 0 Å². The Morgan fingerprint density at radius 3 is 2.91 bits per heavy atom. The number of hydrogen-bond donors (Lipinski definition) is 0. The van der Waals surface area contributed by atoms with Crippen LogP contribution in [-0.4, -0.2) is 40.5 Å². The maximum Gasteiger partial charge on any atom is 0.282 e. The normalized spacial score (nSPS) is 14.7. The predicted octanol–water partition coefficient (Wildman–Crippen LogP) is 2.84. The lowest BCUT2D eigenvalue weighted by atomic mass is 10.0. The zero-order chi connectivity index (χ0) is 15.6. The number of hydrogen-bond acceptors (Lipinski definition) is 5. The zero-order valence-electron chi connectivity index (χ0n) is 12.4. The second-order valence-electron chi connectivity index (χ2n) is 5.56. The molecule has 1 aliphatic heterocycles. The SMILES string of the molecule is O=C(c1nc2ccccc2s1)N1CC(COc2cccnc2)C1. The fraction of sp³-hybridized carbons (Fsp3) is 0.235. The van der Waals surface area contributed by atoms with E-state index in [4.69, 9.17) is 4.74 Å². The highest BCUT2D eigenvalue weighted by molar-refractivity contribution is 7.20. The molecule has 0 unspecified atom stereocenters. The van der Waals surface area contributed by atoms with E-state index in [-0.39, 0.29) is 5.91 Å². The molecular formula is C17H15N3O2S. The number of nitrogens with zero attached hydrogens (tertiary/aromatic N) is 3. The number of amides is 1. The molecule has 0 saturated carbocycles. The predicted molar refractivity (Wildman–Crippen MR) is 88.7 cm³/mol. The third kappa shape index (κ3) is 2.90. The van der Waals surface area contributed by atoms with Gasteiger partial charge in [-0.25, -0.2) is 4.98 Å². The number of ether oxygens (including phenoxy) is 1. The first-order valence-corrected chi connectivity index (χ1v) is 8.29. The number of pyridine rings is 1. The van der Waals surface area contributed by atoms with Crippen molar-refractivity contribution in [1.82, 2.24) is 14.9 Å². The van der Waals surface area contributed by atoms with Crippen LogP contribution in [0.3, 0.4) is 0 Å². The first-order valence-electron chi connectivity index (χ1n) is 7.47. The van der Waals surface area contributed by atoms with Gasteiger partial charge in [0.1, 0.15) is 5.75 Å². The number of carbonyl (C=O) groups excluding carboxylic acids is 1. The van der Waals surface area contributed by atoms with Crippen LogP contribution in [0.2, 0.25) is 0 Å². The van der Waals surface area contributed by atoms with E-state index in [1.54, 1.807) is 12.4 Å². The third-order valence-corrected chi connectivity index (χ3v) is 4.87. The van der Waals surface area contributed by atoms with Gasteiger partial charge in [0.2, 0.25) is 0 Å². The minimum Gasteiger partial charge on any atom is -0.492 e. The molecule has 116 valence electrons. The molecule has 4 rings (SSSR count). The van der Waals surface area contributed by atoms with Crippen molar-refractivity contribution in [2.75, 3.05) is 19.7 Å². The highest BCUT2D eigenvalue weighted by Gasteiger charge is 2.33. The summed E-state index contributed by atoms with van der Waals surface area (Å²) in [6.45, 7) is 2.04. The molecule has 23 heavy (non-hydrogen) atoms. The summed E-state index contributed by atoms with van der Waals surface area (Å²) in [4.78, 5) is 22.7. The molecule has 0 radical (unpaired) electrons. The van der Waals surface area contributed by atoms with Crippen molar-refractivity contribution in [3.05, 3.63) is 53.8 Å². The van der Waals surface area contributed by atoms with Gasteiger partial charge >= 0.3 is 0 Å². The number of fused-ring (bicyclic) bond motifs is 1. The van der Waals surface area contributed by atoms with E-state index in [1.807, 2.05) is 41.3 Å². The van der Waals surface area contributed by atoms with Crippen molar-refractivity contribution in [1.29, 1.82) is 0 Å². The first-order chi connectivity index (χ1) is 11.3. The molecule has 1 aliphatic rings. The van der Waals surface area contributed by atoms with Gasteiger partial charge < -0.3 is 9.64 Å². The fourth-order valence-electron chi connectivity index (χ4n) is 2.59. The number of para-hydroxylation sites is 1. The summed E-state index contributed by atoms with van der Waals surface area (Å²) in [7, 11) is 0. The standard InChI is InChI=1S/C17H15N3O2S/c21-17(16-19-14-5-1-2-6-15(14)23-16)20-9-12(10-20)11-22-13-4-3-7-18-8-13/h1-8,12H,9-11H2. The van der Waals surface area contributed by atoms with Crippen LogP contribution >= 0.6 is 11.3 Å². The van der Waals surface area contributed by atoms with Crippen LogP contribution in [0.25, 0.3) is 10.2 Å². The van der Waals surface area contributed by atoms with E-state index >= 15 is 0 Å². The van der Waals surface area contributed by atoms with Crippen LogP contribution in [-0.2, 0) is 0 Å². The largest absolute Gasteiger partial charge is 0.492 e. The number of rotatable bonds is 4. The van der Waals surface area contributed by atoms with Gasteiger partial charge in [-0.1, -0.05) is 12.1 Å². The van der Waals surface area contributed by atoms with Crippen LogP contribution in [0, 0.1) is 5.92 Å². The molecule has 3 aromatic rings. The second kappa shape index (κ2) is 5.96. The average molecular weight is 325 g/mol. The van der Waals surface area contributed by atoms with Crippen molar-refractivity contribution in [3.8, 4) is 5.75 Å². The van der Waals surface area contributed by atoms with E-state index < -0.39 is 0 Å². The Labute approximate surface area is 137 Å². The number of likely N-dealkylation sites (tertiary alicyclic amines) is 1. The lowest BCUT2D eigenvalue weighted by Crippen LogP contribution is -2.52. The molecule has 0 atom stereocenters. The maximum atomic E-state index is 12.4. The number of aromatic nitrogens is 2. The molecule has 5 nitrogen and oxygen atoms in total. The van der Waals surface area contributed by atoms with Gasteiger partial charge in [0.25, 0.3) is 5.91 Å². The average Bonchev–Trinajstić information content (AvgIpc) is 2.98. The molecule has 0 bridgehead atoms. The Hall–Kier alpha value is -2.47. The molecular weight excluding hydrogens is 310 g/mol. The Balaban J connectivity index is 1.33. The molecule has 0 N–H and O–H groups in total. The van der Waals surface area contributed by atoms with E-state index in [2.05, 4.69) is 9.97 Å². The molecule has 2 aromatic heterocycles. The Bertz CT molecular complexity index is 795. The van der Waals surface area contributed by atoms with Gasteiger partial charge in [-0.15, -0.1) is 11.3 Å². The number of benzene rings is 1. The third-order valence-electron chi connectivity index (χ3n) is 3.84. The minimum atomic E-state index is 0.0174. The first kappa shape index (κ1) is 14.1. The summed E-state index contributed by atoms with van der Waals surface area (Å²) in [5.41, 5.74) is 0.887. The minimum absolute atomic E-state index is 0.0174. The topological polar surface area (TPSA) is 55.3 Å². The van der Waals surface area contributed by atoms with E-state index in [0.29, 0.717) is 17.5 Å². The van der Waals surface area contributed by atoms with E-state index in [1.165, 1.54) is 11.3 Å². The van der Waals surface area contributed by atoms with Crippen molar-refractivity contribution in [2.24, 2.45) is 5.92 Å². The molecule has 1 aromatic carbocycles. The fourth-order valence-corrected chi connectivity index (χ4v) is 3.52. The Kier molecular flexibility index (Phi) is 3.67. The highest BCUT2D eigenvalue weighted by Crippen LogP contribution is 2.26. The number of carbonyl (C=O) groups is 1. The van der Waals surface area contributed by atoms with Crippen LogP contribution < -0.4 is 4.74 Å². The zero-order valence-corrected chi connectivity index (χ0v) is 13.2. The summed E-state index contributed by atoms with van der Waals surface area (Å²) in [5, 5.41) is 0.567. The molecule has 3 heterocycles. The van der Waals surface area contributed by atoms with Crippen molar-refractivity contribution in [3.63, 3.8) is 0 Å². The van der Waals surface area contributed by atoms with Gasteiger partial charge in [0.15, 0.2) is 5.01 Å². The number of thiazole rings is 1. The quantitative estimate of drug-likeness (QED) is 0.740. The van der Waals surface area contributed by atoms with Crippen LogP contribution in [0.4, 0.5) is 0 Å². The smallest absolute Gasteiger partial charge is 0.282 e. The lowest BCUT2D eigenvalue weighted by Gasteiger charge is -2.38. The van der Waals surface area contributed by atoms with Gasteiger partial charge in [0.05, 0.1) is 23.0 Å². The van der Waals surface area contributed by atoms with Crippen molar-refractivity contribution < 1.29 is 9.53 Å². The maximum absolute atomic E-state index is 12.4. The summed E-state index contributed by atoms with van der Waals surface area (Å²) in [6, 6.07) is 11.6. The summed E-state index contributed by atoms with van der Waals surface area (Å²) in [6.07, 6.45) is 3.41. The van der Waals surface area contributed by atoms with Crippen LogP contribution in [0.15, 0.2) is 48.8 Å². The molecule has 0 aliphatic carbocycles. The van der Waals surface area contributed by atoms with Crippen molar-refractivity contribution >= 4 is 27.5 Å². The summed E-state index contributed by atoms with van der Waals surface area (Å²) >= 11 is 1.45. The second-order valence-corrected chi connectivity index (χ2v) is 6.59. The molecule has 6 heteroatoms. The van der Waals surface area contributed by atoms with Gasteiger partial charge in [0, 0.05) is 25.2 Å². The lowest BCUT2D eigenvalue weighted by molar-refractivity contribution is 0.0393. The Morgan fingerprint density at radius 1 is 1.26 bits per heavy atom. The van der Waals surface area contributed by atoms with Crippen LogP contribution in [0.1, 0.15) is 9.80 Å². The van der Waals surface area contributed by atoms with Crippen molar-refractivity contribution in [2.45, 2.75) is 0 Å². The van der Waals surface area contributed by atoms with Gasteiger partial charge in [-0.3, -0.25) is 9.78 Å². The van der Waals surface area contributed by atoms with Crippen LogP contribution in [0.5, 0.6) is 5.75 Å². The molecule has 1 fully saturated rings. The summed E-state index contributed by atoms with van der Waals surface area (Å²) < 4.78 is 6.73. The van der Waals surface area contributed by atoms with E-state index in [9.17, 15) is 4.79 Å². The Morgan fingerprint density at radius 2 is 2.13 bits per heavy atom. The molecule has 1 amide bonds. The summed E-state index contributed by atoms with van der Waals surface area (Å²) in [5.74, 6) is 1.15. The highest BCUT2D eigenvalue weighted by atomic mass is 32.1. The van der Waals surface area contributed by atoms with E-state index in [0.717, 1.165) is 29.1 Å². The monoisotopic (exact) mass is 325 g/mol. The van der Waals surface area contributed by atoms with Gasteiger partial charge in [-0.05, 0) is 24.3 Å².